The molecule has 2 aromatic rings. The molecule has 23 heavy (non-hydrogen) atoms. The molecule has 0 aromatic carbocycles. The van der Waals surface area contributed by atoms with Crippen LogP contribution in [0.15, 0.2) is 6.33 Å². The first-order valence-electron chi connectivity index (χ1n) is 7.34. The van der Waals surface area contributed by atoms with Gasteiger partial charge in [0.1, 0.15) is 6.17 Å². The van der Waals surface area contributed by atoms with E-state index in [-0.39, 0.29) is 50.5 Å². The van der Waals surface area contributed by atoms with E-state index in [1.165, 1.54) is 10.9 Å². The van der Waals surface area contributed by atoms with Crippen molar-refractivity contribution in [2.75, 3.05) is 5.32 Å². The minimum absolute atomic E-state index is 0. The summed E-state index contributed by atoms with van der Waals surface area (Å²) in [5, 5.41) is 2.64. The fourth-order valence-corrected chi connectivity index (χ4v) is 2.51. The molecule has 0 saturated carbocycles. The number of hydrogen-bond acceptors (Lipinski definition) is 5. The van der Waals surface area contributed by atoms with E-state index in [4.69, 9.17) is 4.74 Å². The molecule has 1 saturated heterocycles. The number of rotatable bonds is 4. The second kappa shape index (κ2) is 7.72. The summed E-state index contributed by atoms with van der Waals surface area (Å²) in [5.41, 5.74) is 0.794. The molecule has 1 N–H and O–H groups in total. The van der Waals surface area contributed by atoms with Crippen LogP contribution in [0.25, 0.3) is 11.2 Å². The average Bonchev–Trinajstić information content (AvgIpc) is 3.10. The Labute approximate surface area is 158 Å². The SMILES string of the molecule is CCC(=O)Nc1n[c-]nc2c1ncn2[C@@H]1O[C@H](CC)C[C@@H]1F.[Y]. The minimum atomic E-state index is -1.12. The Bertz CT molecular complexity index is 695. The fourth-order valence-electron chi connectivity index (χ4n) is 2.51. The first-order valence-corrected chi connectivity index (χ1v) is 7.34. The molecule has 1 amide bonds. The van der Waals surface area contributed by atoms with E-state index in [0.29, 0.717) is 24.0 Å². The van der Waals surface area contributed by atoms with Crippen LogP contribution in [0, 0.1) is 6.33 Å². The van der Waals surface area contributed by atoms with Gasteiger partial charge in [0, 0.05) is 63.2 Å². The van der Waals surface area contributed by atoms with Gasteiger partial charge in [-0.05, 0) is 6.42 Å². The summed E-state index contributed by atoms with van der Waals surface area (Å²) in [6.07, 6.45) is 3.38. The minimum Gasteiger partial charge on any atom is -0.362 e. The van der Waals surface area contributed by atoms with E-state index in [9.17, 15) is 9.18 Å². The zero-order valence-corrected chi connectivity index (χ0v) is 15.8. The van der Waals surface area contributed by atoms with Crippen molar-refractivity contribution in [2.45, 2.75) is 51.6 Å². The third-order valence-electron chi connectivity index (χ3n) is 3.75. The molecule has 0 aliphatic carbocycles. The molecular weight excluding hydrogens is 378 g/mol. The van der Waals surface area contributed by atoms with Gasteiger partial charge in [0.25, 0.3) is 0 Å². The third-order valence-corrected chi connectivity index (χ3v) is 3.75. The quantitative estimate of drug-likeness (QED) is 0.802. The zero-order chi connectivity index (χ0) is 15.7. The van der Waals surface area contributed by atoms with E-state index < -0.39 is 12.4 Å². The van der Waals surface area contributed by atoms with Gasteiger partial charge < -0.3 is 24.6 Å². The molecule has 3 atom stereocenters. The predicted octanol–water partition coefficient (Wildman–Crippen LogP) is 2.01. The molecule has 9 heteroatoms. The number of alkyl halides is 1. The van der Waals surface area contributed by atoms with Crippen LogP contribution in [-0.4, -0.2) is 37.7 Å². The van der Waals surface area contributed by atoms with E-state index in [1.54, 1.807) is 6.92 Å². The zero-order valence-electron chi connectivity index (χ0n) is 13.0. The molecule has 7 nitrogen and oxygen atoms in total. The van der Waals surface area contributed by atoms with Crippen LogP contribution in [0.5, 0.6) is 0 Å². The molecule has 1 fully saturated rings. The maximum atomic E-state index is 14.2. The van der Waals surface area contributed by atoms with Crippen LogP contribution in [0.3, 0.4) is 0 Å². The van der Waals surface area contributed by atoms with Gasteiger partial charge >= 0.3 is 0 Å². The summed E-state index contributed by atoms with van der Waals surface area (Å²) < 4.78 is 21.4. The normalized spacial score (nSPS) is 23.7. The van der Waals surface area contributed by atoms with Crippen molar-refractivity contribution in [1.29, 1.82) is 0 Å². The molecule has 2 aromatic heterocycles. The van der Waals surface area contributed by atoms with Gasteiger partial charge in [-0.15, -0.1) is 0 Å². The van der Waals surface area contributed by atoms with Crippen molar-refractivity contribution in [3.63, 3.8) is 0 Å². The predicted molar refractivity (Wildman–Crippen MR) is 76.8 cm³/mol. The largest absolute Gasteiger partial charge is 0.362 e. The van der Waals surface area contributed by atoms with Gasteiger partial charge in [-0.1, -0.05) is 13.8 Å². The van der Waals surface area contributed by atoms with Crippen molar-refractivity contribution >= 4 is 22.9 Å². The van der Waals surface area contributed by atoms with Crippen molar-refractivity contribution in [3.8, 4) is 0 Å². The smallest absolute Gasteiger partial charge is 0.214 e. The number of amides is 1. The maximum Gasteiger partial charge on any atom is 0.214 e. The summed E-state index contributed by atoms with van der Waals surface area (Å²) in [6, 6.07) is 0. The molecule has 1 aliphatic rings. The Morgan fingerprint density at radius 2 is 2.30 bits per heavy atom. The van der Waals surface area contributed by atoms with E-state index in [0.717, 1.165) is 6.42 Å². The number of ether oxygens (including phenoxy) is 1. The van der Waals surface area contributed by atoms with Crippen LogP contribution in [0.1, 0.15) is 39.3 Å². The number of fused-ring (bicyclic) bond motifs is 1. The Morgan fingerprint density at radius 1 is 1.52 bits per heavy atom. The number of aromatic nitrogens is 4. The molecule has 0 unspecified atom stereocenters. The molecule has 1 radical (unpaired) electrons. The number of imidazole rings is 1. The summed E-state index contributed by atoms with van der Waals surface area (Å²) in [6.45, 7) is 3.70. The van der Waals surface area contributed by atoms with Crippen LogP contribution in [-0.2, 0) is 42.2 Å². The van der Waals surface area contributed by atoms with Gasteiger partial charge in [0.05, 0.1) is 18.1 Å². The molecule has 1 aliphatic heterocycles. The molecular formula is C14H17FN5O2Y-. The summed E-state index contributed by atoms with van der Waals surface area (Å²) >= 11 is 0. The Kier molecular flexibility index (Phi) is 6.16. The maximum absolute atomic E-state index is 14.2. The molecule has 121 valence electrons. The number of carbonyl (C=O) groups excluding carboxylic acids is 1. The average molecular weight is 395 g/mol. The first kappa shape index (κ1) is 18.4. The number of anilines is 1. The second-order valence-electron chi connectivity index (χ2n) is 5.21. The molecule has 0 bridgehead atoms. The Morgan fingerprint density at radius 3 is 2.96 bits per heavy atom. The fraction of sp³-hybridized carbons (Fsp3) is 0.571. The van der Waals surface area contributed by atoms with E-state index in [2.05, 4.69) is 26.6 Å². The van der Waals surface area contributed by atoms with Gasteiger partial charge in [-0.3, -0.25) is 9.78 Å². The van der Waals surface area contributed by atoms with Crippen molar-refractivity contribution in [1.82, 2.24) is 19.5 Å². The molecule has 3 heterocycles. The van der Waals surface area contributed by atoms with Gasteiger partial charge in [-0.2, -0.15) is 0 Å². The third kappa shape index (κ3) is 3.59. The first-order chi connectivity index (χ1) is 10.6. The van der Waals surface area contributed by atoms with E-state index >= 15 is 0 Å². The van der Waals surface area contributed by atoms with Crippen molar-refractivity contribution < 1.29 is 46.6 Å². The number of hydrogen-bond donors (Lipinski definition) is 1. The number of halogens is 1. The second-order valence-corrected chi connectivity index (χ2v) is 5.21. The monoisotopic (exact) mass is 395 g/mol. The molecule has 0 spiro atoms. The van der Waals surface area contributed by atoms with Gasteiger partial charge in [0.2, 0.25) is 5.91 Å². The number of nitrogens with zero attached hydrogens (tertiary/aromatic N) is 4. The topological polar surface area (TPSA) is 81.9 Å². The van der Waals surface area contributed by atoms with Gasteiger partial charge in [0.15, 0.2) is 6.23 Å². The Hall–Kier alpha value is -0.986. The molecule has 3 rings (SSSR count). The van der Waals surface area contributed by atoms with Gasteiger partial charge in [-0.25, -0.2) is 4.39 Å². The number of nitrogens with one attached hydrogen (secondary N) is 1. The van der Waals surface area contributed by atoms with Crippen molar-refractivity contribution in [3.05, 3.63) is 12.7 Å². The summed E-state index contributed by atoms with van der Waals surface area (Å²) in [4.78, 5) is 23.6. The van der Waals surface area contributed by atoms with Crippen LogP contribution in [0.4, 0.5) is 10.2 Å². The van der Waals surface area contributed by atoms with Crippen LogP contribution >= 0.6 is 0 Å². The summed E-state index contributed by atoms with van der Waals surface area (Å²) in [5.74, 6) is 0.0885. The van der Waals surface area contributed by atoms with Crippen LogP contribution in [0.2, 0.25) is 0 Å². The summed E-state index contributed by atoms with van der Waals surface area (Å²) in [7, 11) is 0. The number of carbonyl (C=O) groups is 1. The van der Waals surface area contributed by atoms with Crippen molar-refractivity contribution in [2.24, 2.45) is 0 Å². The van der Waals surface area contributed by atoms with Crippen LogP contribution < -0.4 is 5.32 Å². The Balaban J connectivity index is 0.00000192. The van der Waals surface area contributed by atoms with E-state index in [1.807, 2.05) is 6.92 Å². The standard InChI is InChI=1S/C14H17FN5O2.Y/c1-3-8-5-9(15)14(22-8)20-7-18-11-12(19-10(21)4-2)16-6-17-13(11)20;/h7-9,14H,3-5H2,1-2H3,(H,16,17,19,21);/q-1;/t8-,9+,14-;/m1./s1.